The molecule has 0 aliphatic heterocycles. The molecule has 0 spiro atoms. The van der Waals surface area contributed by atoms with Crippen LogP contribution in [0.25, 0.3) is 22.4 Å². The summed E-state index contributed by atoms with van der Waals surface area (Å²) in [5, 5.41) is 13.2. The molecule has 0 aliphatic rings. The van der Waals surface area contributed by atoms with Gasteiger partial charge in [-0.1, -0.05) is 36.4 Å². The van der Waals surface area contributed by atoms with Gasteiger partial charge in [0.1, 0.15) is 0 Å². The monoisotopic (exact) mass is 484 g/mol. The first-order valence-electron chi connectivity index (χ1n) is 9.14. The summed E-state index contributed by atoms with van der Waals surface area (Å²) in [7, 11) is -3.40. The lowest BCUT2D eigenvalue weighted by Crippen LogP contribution is -2.37. The van der Waals surface area contributed by atoms with Crippen molar-refractivity contribution >= 4 is 27.6 Å². The number of hydrogen-bond acceptors (Lipinski definition) is 5. The molecule has 0 amide bonds. The van der Waals surface area contributed by atoms with Crippen molar-refractivity contribution in [2.45, 2.75) is 22.9 Å². The van der Waals surface area contributed by atoms with Gasteiger partial charge in [-0.15, -0.1) is 11.8 Å². The van der Waals surface area contributed by atoms with E-state index >= 15 is 0 Å². The molecule has 0 saturated heterocycles. The van der Waals surface area contributed by atoms with Gasteiger partial charge in [0, 0.05) is 6.26 Å². The molecular weight excluding hydrogens is 465 g/mol. The van der Waals surface area contributed by atoms with Gasteiger partial charge < -0.3 is 5.11 Å². The highest BCUT2D eigenvalue weighted by atomic mass is 32.2. The van der Waals surface area contributed by atoms with E-state index in [0.29, 0.717) is 16.7 Å². The van der Waals surface area contributed by atoms with Crippen LogP contribution < -0.4 is 0 Å². The van der Waals surface area contributed by atoms with Gasteiger partial charge in [-0.05, 0) is 48.1 Å². The molecule has 6 nitrogen and oxygen atoms in total. The quantitative estimate of drug-likeness (QED) is 0.543. The van der Waals surface area contributed by atoms with Crippen molar-refractivity contribution in [1.82, 2.24) is 9.78 Å². The summed E-state index contributed by atoms with van der Waals surface area (Å²) < 4.78 is 64.5. The fourth-order valence-electron chi connectivity index (χ4n) is 3.05. The van der Waals surface area contributed by atoms with Crippen LogP contribution in [0.3, 0.4) is 0 Å². The Morgan fingerprint density at radius 2 is 1.62 bits per heavy atom. The Kier molecular flexibility index (Phi) is 6.18. The fourth-order valence-corrected chi connectivity index (χ4v) is 4.21. The molecule has 1 aromatic heterocycles. The third-order valence-corrected chi connectivity index (χ3v) is 7.23. The first-order chi connectivity index (χ1) is 14.8. The molecule has 0 radical (unpaired) electrons. The van der Waals surface area contributed by atoms with E-state index < -0.39 is 32.5 Å². The molecule has 1 N–H and O–H groups in total. The molecule has 1 unspecified atom stereocenters. The lowest BCUT2D eigenvalue weighted by molar-refractivity contribution is -0.145. The Morgan fingerprint density at radius 3 is 2.12 bits per heavy atom. The number of carbonyl (C=O) groups is 1. The van der Waals surface area contributed by atoms with E-state index in [9.17, 15) is 31.5 Å². The second kappa shape index (κ2) is 8.28. The van der Waals surface area contributed by atoms with Gasteiger partial charge >= 0.3 is 12.1 Å². The van der Waals surface area contributed by atoms with E-state index in [-0.39, 0.29) is 10.6 Å². The minimum atomic E-state index is -4.75. The van der Waals surface area contributed by atoms with E-state index in [4.69, 9.17) is 0 Å². The van der Waals surface area contributed by atoms with Gasteiger partial charge in [-0.3, -0.25) is 0 Å². The predicted octanol–water partition coefficient (Wildman–Crippen LogP) is 4.76. The number of carboxylic acid groups (broad SMARTS) is 1. The third kappa shape index (κ3) is 4.53. The Morgan fingerprint density at radius 1 is 1.03 bits per heavy atom. The van der Waals surface area contributed by atoms with Crippen LogP contribution in [0.1, 0.15) is 12.6 Å². The number of aromatic nitrogens is 2. The summed E-state index contributed by atoms with van der Waals surface area (Å²) in [4.78, 5) is 10.2. The SMILES string of the molecule is CSC(C)(C(=O)O)n1nc(C(F)(F)F)cc1-c1ccc(-c2cccc(S(C)(=O)=O)c2)cc1. The van der Waals surface area contributed by atoms with Crippen LogP contribution in [-0.2, 0) is 25.7 Å². The lowest BCUT2D eigenvalue weighted by atomic mass is 10.0. The minimum Gasteiger partial charge on any atom is -0.479 e. The average Bonchev–Trinajstić information content (AvgIpc) is 3.19. The normalized spacial score (nSPS) is 14.2. The number of hydrogen-bond donors (Lipinski definition) is 1. The van der Waals surface area contributed by atoms with E-state index in [1.807, 2.05) is 0 Å². The number of nitrogens with zero attached hydrogens (tertiary/aromatic N) is 2. The number of rotatable bonds is 6. The highest BCUT2D eigenvalue weighted by Gasteiger charge is 2.42. The summed E-state index contributed by atoms with van der Waals surface area (Å²) in [6.07, 6.45) is -2.17. The van der Waals surface area contributed by atoms with Gasteiger partial charge in [0.25, 0.3) is 0 Å². The molecule has 1 atom stereocenters. The van der Waals surface area contributed by atoms with Crippen LogP contribution in [-0.4, -0.2) is 41.8 Å². The standard InChI is InChI=1S/C21H19F3N2O4S2/c1-20(31-2,19(27)28)26-17(12-18(25-26)21(22,23)24)14-9-7-13(8-10-14)15-5-4-6-16(11-15)32(3,29)30/h4-12H,1-3H3,(H,27,28). The van der Waals surface area contributed by atoms with Gasteiger partial charge in [0.15, 0.2) is 15.5 Å². The zero-order valence-corrected chi connectivity index (χ0v) is 18.8. The molecule has 1 heterocycles. The summed E-state index contributed by atoms with van der Waals surface area (Å²) in [5.74, 6) is -1.34. The van der Waals surface area contributed by atoms with Crippen LogP contribution in [0.4, 0.5) is 13.2 Å². The van der Waals surface area contributed by atoms with Crippen molar-refractivity contribution in [3.05, 3.63) is 60.3 Å². The summed E-state index contributed by atoms with van der Waals surface area (Å²) in [5.41, 5.74) is 0.389. The number of benzene rings is 2. The number of aliphatic carboxylic acids is 1. The zero-order chi connectivity index (χ0) is 23.9. The number of alkyl halides is 3. The Labute approximate surface area is 187 Å². The van der Waals surface area contributed by atoms with Gasteiger partial charge in [-0.25, -0.2) is 17.9 Å². The topological polar surface area (TPSA) is 89.3 Å². The first-order valence-corrected chi connectivity index (χ1v) is 12.3. The molecule has 3 rings (SSSR count). The largest absolute Gasteiger partial charge is 0.479 e. The highest BCUT2D eigenvalue weighted by molar-refractivity contribution is 8.00. The Hall–Kier alpha value is -2.79. The predicted molar refractivity (Wildman–Crippen MR) is 116 cm³/mol. The maximum Gasteiger partial charge on any atom is 0.435 e. The maximum atomic E-state index is 13.3. The van der Waals surface area contributed by atoms with E-state index in [2.05, 4.69) is 5.10 Å². The van der Waals surface area contributed by atoms with Gasteiger partial charge in [0.05, 0.1) is 10.6 Å². The van der Waals surface area contributed by atoms with Crippen molar-refractivity contribution in [3.8, 4) is 22.4 Å². The molecular formula is C21H19F3N2O4S2. The lowest BCUT2D eigenvalue weighted by Gasteiger charge is -2.25. The smallest absolute Gasteiger partial charge is 0.435 e. The van der Waals surface area contributed by atoms with Crippen molar-refractivity contribution in [3.63, 3.8) is 0 Å². The number of thioether (sulfide) groups is 1. The van der Waals surface area contributed by atoms with Crippen LogP contribution in [0, 0.1) is 0 Å². The average molecular weight is 485 g/mol. The fraction of sp³-hybridized carbons (Fsp3) is 0.238. The highest BCUT2D eigenvalue weighted by Crippen LogP contribution is 2.38. The molecule has 170 valence electrons. The number of sulfone groups is 1. The Balaban J connectivity index is 2.11. The van der Waals surface area contributed by atoms with Gasteiger partial charge in [0.2, 0.25) is 4.87 Å². The second-order valence-electron chi connectivity index (χ2n) is 7.19. The molecule has 32 heavy (non-hydrogen) atoms. The van der Waals surface area contributed by atoms with Crippen molar-refractivity contribution in [1.29, 1.82) is 0 Å². The van der Waals surface area contributed by atoms with Crippen LogP contribution in [0.2, 0.25) is 0 Å². The van der Waals surface area contributed by atoms with Crippen molar-refractivity contribution in [2.75, 3.05) is 12.5 Å². The van der Waals surface area contributed by atoms with Crippen LogP contribution in [0.5, 0.6) is 0 Å². The van der Waals surface area contributed by atoms with Crippen molar-refractivity contribution in [2.24, 2.45) is 0 Å². The molecule has 0 saturated carbocycles. The second-order valence-corrected chi connectivity index (χ2v) is 10.4. The summed E-state index contributed by atoms with van der Waals surface area (Å²) in [6, 6.07) is 13.4. The minimum absolute atomic E-state index is 0.00647. The first kappa shape index (κ1) is 23.9. The molecule has 3 aromatic rings. The van der Waals surface area contributed by atoms with E-state index in [1.165, 1.54) is 25.3 Å². The molecule has 11 heteroatoms. The molecule has 0 fully saturated rings. The maximum absolute atomic E-state index is 13.3. The van der Waals surface area contributed by atoms with E-state index in [1.54, 1.807) is 36.4 Å². The van der Waals surface area contributed by atoms with Crippen LogP contribution >= 0.6 is 11.8 Å². The molecule has 0 bridgehead atoms. The zero-order valence-electron chi connectivity index (χ0n) is 17.2. The molecule has 2 aromatic carbocycles. The van der Waals surface area contributed by atoms with E-state index in [0.717, 1.165) is 28.8 Å². The third-order valence-electron chi connectivity index (χ3n) is 4.97. The van der Waals surface area contributed by atoms with Gasteiger partial charge in [-0.2, -0.15) is 18.3 Å². The number of halogens is 3. The Bertz CT molecular complexity index is 1270. The summed E-state index contributed by atoms with van der Waals surface area (Å²) in [6.45, 7) is 1.28. The summed E-state index contributed by atoms with van der Waals surface area (Å²) >= 11 is 0.847. The van der Waals surface area contributed by atoms with Crippen molar-refractivity contribution < 1.29 is 31.5 Å². The van der Waals surface area contributed by atoms with Crippen LogP contribution in [0.15, 0.2) is 59.5 Å². The molecule has 0 aliphatic carbocycles. The number of carboxylic acids is 1.